The van der Waals surface area contributed by atoms with Crippen molar-refractivity contribution in [2.24, 2.45) is 10.2 Å². The molecular weight excluding hydrogens is 410 g/mol. The number of halogens is 1. The zero-order valence-electron chi connectivity index (χ0n) is 14.7. The molecule has 1 aliphatic heterocycles. The average Bonchev–Trinajstić information content (AvgIpc) is 2.94. The SMILES string of the molecule is CC[C@@H]1S/C(=N\N=C/c2ccc(Br)cc2)N(Cc2ccccc2C)C1=O. The summed E-state index contributed by atoms with van der Waals surface area (Å²) in [6.45, 7) is 4.61. The molecule has 0 aliphatic carbocycles. The van der Waals surface area contributed by atoms with E-state index in [9.17, 15) is 4.79 Å². The van der Waals surface area contributed by atoms with Gasteiger partial charge in [-0.3, -0.25) is 9.69 Å². The molecule has 0 unspecified atom stereocenters. The highest BCUT2D eigenvalue weighted by Crippen LogP contribution is 2.31. The number of carbonyl (C=O) groups excluding carboxylic acids is 1. The topological polar surface area (TPSA) is 45.0 Å². The second kappa shape index (κ2) is 8.64. The minimum atomic E-state index is -0.0827. The molecule has 1 aliphatic rings. The van der Waals surface area contributed by atoms with E-state index in [1.54, 1.807) is 11.1 Å². The second-order valence-electron chi connectivity index (χ2n) is 6.04. The second-order valence-corrected chi connectivity index (χ2v) is 8.13. The number of benzene rings is 2. The number of thioether (sulfide) groups is 1. The monoisotopic (exact) mass is 429 g/mol. The van der Waals surface area contributed by atoms with Gasteiger partial charge in [0.2, 0.25) is 5.91 Å². The first-order chi connectivity index (χ1) is 12.6. The van der Waals surface area contributed by atoms with E-state index < -0.39 is 0 Å². The predicted molar refractivity (Wildman–Crippen MR) is 113 cm³/mol. The Morgan fingerprint density at radius 3 is 2.62 bits per heavy atom. The normalized spacial score (nSPS) is 19.0. The van der Waals surface area contributed by atoms with Crippen LogP contribution in [0.15, 0.2) is 63.2 Å². The number of hydrogen-bond donors (Lipinski definition) is 0. The molecule has 0 radical (unpaired) electrons. The zero-order chi connectivity index (χ0) is 18.5. The number of nitrogens with zero attached hydrogens (tertiary/aromatic N) is 3. The third-order valence-electron chi connectivity index (χ3n) is 4.20. The molecule has 1 fully saturated rings. The standard InChI is InChI=1S/C20H20BrN3OS/c1-3-18-19(25)24(13-16-7-5-4-6-14(16)2)20(26-18)23-22-12-15-8-10-17(21)11-9-15/h4-12,18H,3,13H2,1-2H3/b22-12-,23-20-/t18-/m0/s1. The van der Waals surface area contributed by atoms with Gasteiger partial charge in [0, 0.05) is 4.47 Å². The quantitative estimate of drug-likeness (QED) is 0.495. The van der Waals surface area contributed by atoms with Crippen LogP contribution >= 0.6 is 27.7 Å². The number of aryl methyl sites for hydroxylation is 1. The van der Waals surface area contributed by atoms with Gasteiger partial charge in [0.05, 0.1) is 18.0 Å². The first-order valence-electron chi connectivity index (χ1n) is 8.47. The highest BCUT2D eigenvalue weighted by molar-refractivity contribution is 9.10. The summed E-state index contributed by atoms with van der Waals surface area (Å²) in [5, 5.41) is 9.13. The molecule has 3 rings (SSSR count). The lowest BCUT2D eigenvalue weighted by Crippen LogP contribution is -2.31. The van der Waals surface area contributed by atoms with Crippen molar-refractivity contribution in [3.63, 3.8) is 0 Å². The lowest BCUT2D eigenvalue weighted by molar-refractivity contribution is -0.126. The van der Waals surface area contributed by atoms with Gasteiger partial charge in [-0.1, -0.05) is 71.0 Å². The Morgan fingerprint density at radius 1 is 1.19 bits per heavy atom. The zero-order valence-corrected chi connectivity index (χ0v) is 17.1. The van der Waals surface area contributed by atoms with E-state index in [0.29, 0.717) is 11.7 Å². The molecule has 0 bridgehead atoms. The van der Waals surface area contributed by atoms with E-state index in [2.05, 4.69) is 45.2 Å². The largest absolute Gasteiger partial charge is 0.284 e. The van der Waals surface area contributed by atoms with Gasteiger partial charge >= 0.3 is 0 Å². The first-order valence-corrected chi connectivity index (χ1v) is 10.1. The number of amides is 1. The van der Waals surface area contributed by atoms with Crippen LogP contribution in [0.5, 0.6) is 0 Å². The lowest BCUT2D eigenvalue weighted by atomic mass is 10.1. The summed E-state index contributed by atoms with van der Waals surface area (Å²) < 4.78 is 1.02. The van der Waals surface area contributed by atoms with Gasteiger partial charge in [-0.2, -0.15) is 5.10 Å². The van der Waals surface area contributed by atoms with Crippen molar-refractivity contribution >= 4 is 45.0 Å². The molecule has 0 N–H and O–H groups in total. The summed E-state index contributed by atoms with van der Waals surface area (Å²) in [6.07, 6.45) is 2.49. The maximum atomic E-state index is 12.7. The van der Waals surface area contributed by atoms with Crippen LogP contribution in [0.25, 0.3) is 0 Å². The van der Waals surface area contributed by atoms with Crippen LogP contribution in [0.2, 0.25) is 0 Å². The summed E-state index contributed by atoms with van der Waals surface area (Å²) in [4.78, 5) is 14.5. The maximum Gasteiger partial charge on any atom is 0.242 e. The molecular formula is C20H20BrN3OS. The molecule has 2 aromatic rings. The van der Waals surface area contributed by atoms with Crippen LogP contribution in [0.3, 0.4) is 0 Å². The third-order valence-corrected chi connectivity index (χ3v) is 6.06. The Hall–Kier alpha value is -1.92. The molecule has 1 amide bonds. The van der Waals surface area contributed by atoms with Crippen molar-refractivity contribution in [3.05, 3.63) is 69.7 Å². The Bertz CT molecular complexity index is 848. The summed E-state index contributed by atoms with van der Waals surface area (Å²) in [6, 6.07) is 15.9. The van der Waals surface area contributed by atoms with Crippen LogP contribution in [0, 0.1) is 6.92 Å². The van der Waals surface area contributed by atoms with E-state index in [-0.39, 0.29) is 11.2 Å². The molecule has 1 saturated heterocycles. The summed E-state index contributed by atoms with van der Waals surface area (Å²) in [5.41, 5.74) is 3.26. The number of carbonyl (C=O) groups is 1. The Morgan fingerprint density at radius 2 is 1.92 bits per heavy atom. The fourth-order valence-corrected chi connectivity index (χ4v) is 3.93. The van der Waals surface area contributed by atoms with Gasteiger partial charge in [-0.25, -0.2) is 0 Å². The van der Waals surface area contributed by atoms with Gasteiger partial charge in [0.25, 0.3) is 0 Å². The summed E-state index contributed by atoms with van der Waals surface area (Å²) >= 11 is 4.91. The van der Waals surface area contributed by atoms with Crippen molar-refractivity contribution in [2.45, 2.75) is 32.1 Å². The van der Waals surface area contributed by atoms with Crippen molar-refractivity contribution in [3.8, 4) is 0 Å². The molecule has 26 heavy (non-hydrogen) atoms. The number of hydrogen-bond acceptors (Lipinski definition) is 4. The molecule has 134 valence electrons. The molecule has 0 spiro atoms. The van der Waals surface area contributed by atoms with Crippen LogP contribution in [-0.4, -0.2) is 27.4 Å². The fraction of sp³-hybridized carbons (Fsp3) is 0.250. The van der Waals surface area contributed by atoms with Gasteiger partial charge in [0.15, 0.2) is 5.17 Å². The molecule has 0 aromatic heterocycles. The minimum absolute atomic E-state index is 0.0827. The van der Waals surface area contributed by atoms with E-state index >= 15 is 0 Å². The Labute approximate surface area is 166 Å². The molecule has 1 atom stereocenters. The number of amidine groups is 1. The third kappa shape index (κ3) is 4.43. The van der Waals surface area contributed by atoms with Crippen molar-refractivity contribution < 1.29 is 4.79 Å². The Kier molecular flexibility index (Phi) is 6.27. The molecule has 4 nitrogen and oxygen atoms in total. The van der Waals surface area contributed by atoms with E-state index in [1.807, 2.05) is 43.3 Å². The number of rotatable bonds is 5. The molecule has 2 aromatic carbocycles. The highest BCUT2D eigenvalue weighted by atomic mass is 79.9. The predicted octanol–water partition coefficient (Wildman–Crippen LogP) is 5.00. The summed E-state index contributed by atoms with van der Waals surface area (Å²) in [7, 11) is 0. The minimum Gasteiger partial charge on any atom is -0.284 e. The van der Waals surface area contributed by atoms with Crippen LogP contribution in [0.1, 0.15) is 30.0 Å². The van der Waals surface area contributed by atoms with Gasteiger partial charge < -0.3 is 0 Å². The Balaban J connectivity index is 1.81. The smallest absolute Gasteiger partial charge is 0.242 e. The average molecular weight is 430 g/mol. The fourth-order valence-electron chi connectivity index (χ4n) is 2.64. The first kappa shape index (κ1) is 18.9. The van der Waals surface area contributed by atoms with Gasteiger partial charge in [-0.05, 0) is 42.2 Å². The maximum absolute atomic E-state index is 12.7. The summed E-state index contributed by atoms with van der Waals surface area (Å²) in [5.74, 6) is 0.110. The van der Waals surface area contributed by atoms with Crippen LogP contribution in [-0.2, 0) is 11.3 Å². The highest BCUT2D eigenvalue weighted by Gasteiger charge is 2.37. The molecule has 6 heteroatoms. The van der Waals surface area contributed by atoms with Crippen molar-refractivity contribution in [2.75, 3.05) is 0 Å². The van der Waals surface area contributed by atoms with Crippen molar-refractivity contribution in [1.29, 1.82) is 0 Å². The van der Waals surface area contributed by atoms with Crippen LogP contribution < -0.4 is 0 Å². The van der Waals surface area contributed by atoms with Gasteiger partial charge in [-0.15, -0.1) is 5.10 Å². The molecule has 1 heterocycles. The van der Waals surface area contributed by atoms with E-state index in [4.69, 9.17) is 0 Å². The van der Waals surface area contributed by atoms with Crippen LogP contribution in [0.4, 0.5) is 0 Å². The lowest BCUT2D eigenvalue weighted by Gasteiger charge is -2.17. The van der Waals surface area contributed by atoms with Crippen molar-refractivity contribution in [1.82, 2.24) is 4.90 Å². The van der Waals surface area contributed by atoms with E-state index in [0.717, 1.165) is 22.0 Å². The van der Waals surface area contributed by atoms with E-state index in [1.165, 1.54) is 17.3 Å². The van der Waals surface area contributed by atoms with Gasteiger partial charge in [0.1, 0.15) is 0 Å². The molecule has 0 saturated carbocycles.